The van der Waals surface area contributed by atoms with E-state index in [0.29, 0.717) is 45.4 Å². The van der Waals surface area contributed by atoms with Crippen LogP contribution in [0.1, 0.15) is 151 Å². The Labute approximate surface area is 371 Å². The monoisotopic (exact) mass is 884 g/mol. The van der Waals surface area contributed by atoms with Crippen LogP contribution in [-0.4, -0.2) is 116 Å². The molecule has 62 heavy (non-hydrogen) atoms. The number of allylic oxidation sites excluding steroid dienone is 1. The Morgan fingerprint density at radius 2 is 1.50 bits per heavy atom. The minimum Gasteiger partial charge on any atom is -0.381 e. The molecule has 2 spiro atoms. The number of nitrogens with zero attached hydrogens (tertiary/aromatic N) is 3. The number of likely N-dealkylation sites (N-methyl/N-ethyl adjacent to an activating group) is 1. The third-order valence-corrected chi connectivity index (χ3v) is 20.3. The summed E-state index contributed by atoms with van der Waals surface area (Å²) in [6.07, 6.45) is 12.8. The molecule has 0 aromatic rings. The van der Waals surface area contributed by atoms with Crippen LogP contribution in [0.25, 0.3) is 0 Å². The Balaban J connectivity index is 1.21. The predicted molar refractivity (Wildman–Crippen MR) is 238 cm³/mol. The second-order valence-electron chi connectivity index (χ2n) is 21.6. The number of Topliss-reactive ketones (excluding diaryl/α,β-unsaturated/α-hetero) is 2. The van der Waals surface area contributed by atoms with Gasteiger partial charge in [-0.3, -0.25) is 28.9 Å². The third kappa shape index (κ3) is 7.73. The number of fused-ring (bicyclic) bond motifs is 1. The van der Waals surface area contributed by atoms with Crippen molar-refractivity contribution in [2.24, 2.45) is 44.3 Å². The van der Waals surface area contributed by atoms with E-state index in [0.717, 1.165) is 77.3 Å². The van der Waals surface area contributed by atoms with Crippen molar-refractivity contribution >= 4 is 39.5 Å². The summed E-state index contributed by atoms with van der Waals surface area (Å²) in [6.45, 7) is 21.5. The Bertz CT molecular complexity index is 1880. The van der Waals surface area contributed by atoms with Crippen molar-refractivity contribution < 1.29 is 37.1 Å². The average Bonchev–Trinajstić information content (AvgIpc) is 3.73. The molecule has 3 heterocycles. The van der Waals surface area contributed by atoms with Crippen LogP contribution in [-0.2, 0) is 38.9 Å². The van der Waals surface area contributed by atoms with Gasteiger partial charge in [0.1, 0.15) is 0 Å². The first-order valence-electron chi connectivity index (χ1n) is 24.2. The van der Waals surface area contributed by atoms with Crippen molar-refractivity contribution in [2.45, 2.75) is 169 Å². The van der Waals surface area contributed by atoms with Crippen molar-refractivity contribution in [3.8, 4) is 0 Å². The minimum absolute atomic E-state index is 0.00908. The number of hydrogen-bond donors (Lipinski definition) is 2. The van der Waals surface area contributed by atoms with Crippen molar-refractivity contribution in [3.63, 3.8) is 0 Å². The standard InChI is InChI=1S/C48H77N5O8S/c1-9-33-29-46(33,42(58)50-62(59,60)52(11-3)12-4)31-38(55)36-30-48(43(5,6)47(48)21-17-22-47)32-53(36)41(57)34(44(7)23-26-61-27-24-44)28-37(54)39(45(8)19-14-13-15-20-45)49-40(56)35-18-16-25-51(35)10-2/h9,33-36,39H,1,10-32H2,2-8H3,(H,49,56)(H,50,58)/t33-,34-,35+,36+,39-,46-,48-/m1/s1. The van der Waals surface area contributed by atoms with Gasteiger partial charge in [0.05, 0.1) is 29.5 Å². The number of carbonyl (C=O) groups excluding carboxylic acids is 5. The second kappa shape index (κ2) is 17.3. The molecule has 3 amide bonds. The van der Waals surface area contributed by atoms with Crippen molar-refractivity contribution in [1.29, 1.82) is 0 Å². The summed E-state index contributed by atoms with van der Waals surface area (Å²) in [6, 6.07) is -1.85. The molecule has 13 nitrogen and oxygen atoms in total. The van der Waals surface area contributed by atoms with Gasteiger partial charge in [-0.15, -0.1) is 6.58 Å². The number of rotatable bonds is 18. The van der Waals surface area contributed by atoms with E-state index in [2.05, 4.69) is 56.1 Å². The van der Waals surface area contributed by atoms with Crippen LogP contribution in [0.4, 0.5) is 0 Å². The molecule has 0 radical (unpaired) electrons. The minimum atomic E-state index is -4.14. The first kappa shape index (κ1) is 47.3. The molecule has 0 aromatic carbocycles. The zero-order valence-corrected chi connectivity index (χ0v) is 39.8. The lowest BCUT2D eigenvalue weighted by molar-refractivity contribution is -0.150. The lowest BCUT2D eigenvalue weighted by atomic mass is 9.65. The van der Waals surface area contributed by atoms with Gasteiger partial charge in [-0.25, -0.2) is 4.72 Å². The average molecular weight is 884 g/mol. The van der Waals surface area contributed by atoms with Gasteiger partial charge in [0.2, 0.25) is 17.7 Å². The maximum Gasteiger partial charge on any atom is 0.303 e. The lowest BCUT2D eigenvalue weighted by Gasteiger charge is -2.44. The van der Waals surface area contributed by atoms with Crippen molar-refractivity contribution in [2.75, 3.05) is 45.9 Å². The molecule has 0 unspecified atom stereocenters. The van der Waals surface area contributed by atoms with Crippen LogP contribution >= 0.6 is 0 Å². The molecule has 0 bridgehead atoms. The summed E-state index contributed by atoms with van der Waals surface area (Å²) in [5.41, 5.74) is -2.73. The fourth-order valence-corrected chi connectivity index (χ4v) is 15.2. The molecule has 3 saturated heterocycles. The normalized spacial score (nSPS) is 32.8. The lowest BCUT2D eigenvalue weighted by Crippen LogP contribution is -2.57. The molecule has 7 atom stereocenters. The quantitative estimate of drug-likeness (QED) is 0.158. The molecule has 2 N–H and O–H groups in total. The molecule has 7 rings (SSSR count). The van der Waals surface area contributed by atoms with Crippen molar-refractivity contribution in [1.82, 2.24) is 24.1 Å². The predicted octanol–water partition coefficient (Wildman–Crippen LogP) is 5.97. The van der Waals surface area contributed by atoms with E-state index in [1.807, 2.05) is 0 Å². The molecule has 7 aliphatic rings. The highest BCUT2D eigenvalue weighted by molar-refractivity contribution is 7.87. The number of ether oxygens (including phenoxy) is 1. The fraction of sp³-hybridized carbons (Fsp3) is 0.854. The zero-order chi connectivity index (χ0) is 45.1. The van der Waals surface area contributed by atoms with Gasteiger partial charge in [-0.05, 0) is 105 Å². The molecular formula is C48H77N5O8S. The van der Waals surface area contributed by atoms with Gasteiger partial charge >= 0.3 is 10.2 Å². The number of amides is 3. The van der Waals surface area contributed by atoms with Crippen LogP contribution in [0.5, 0.6) is 0 Å². The number of likely N-dealkylation sites (tertiary alicyclic amines) is 2. The highest BCUT2D eigenvalue weighted by Gasteiger charge is 2.85. The highest BCUT2D eigenvalue weighted by Crippen LogP contribution is 2.88. The SMILES string of the molecule is C=C[C@@H]1C[C@]1(CC(=O)[C@@H]1C[C@@]2(CN1C(=O)[C@@H](CC(=O)[C@@H](NC(=O)[C@@H]1CCCN1CC)C1(C)CCCCC1)C1(C)CCOCC1)C(C)(C)C21CCC1)C(=O)NS(=O)(=O)N(CC)CC. The summed E-state index contributed by atoms with van der Waals surface area (Å²) in [5, 5.41) is 3.31. The molecular weight excluding hydrogens is 807 g/mol. The maximum absolute atomic E-state index is 15.8. The van der Waals surface area contributed by atoms with E-state index in [1.54, 1.807) is 24.8 Å². The molecule has 348 valence electrons. The number of carbonyl (C=O) groups is 5. The van der Waals surface area contributed by atoms with Crippen LogP contribution in [0.3, 0.4) is 0 Å². The summed E-state index contributed by atoms with van der Waals surface area (Å²) in [4.78, 5) is 78.2. The Morgan fingerprint density at radius 3 is 2.05 bits per heavy atom. The number of ketones is 2. The van der Waals surface area contributed by atoms with Gasteiger partial charge in [0.25, 0.3) is 0 Å². The first-order valence-corrected chi connectivity index (χ1v) is 25.6. The molecule has 3 aliphatic heterocycles. The summed E-state index contributed by atoms with van der Waals surface area (Å²) >= 11 is 0. The summed E-state index contributed by atoms with van der Waals surface area (Å²) in [7, 11) is -4.14. The highest BCUT2D eigenvalue weighted by atomic mass is 32.2. The Hall–Kier alpha value is -2.68. The zero-order valence-electron chi connectivity index (χ0n) is 39.0. The van der Waals surface area contributed by atoms with Gasteiger partial charge in [-0.2, -0.15) is 12.7 Å². The molecule has 14 heteroatoms. The maximum atomic E-state index is 15.8. The fourth-order valence-electron chi connectivity index (χ4n) is 13.9. The van der Waals surface area contributed by atoms with E-state index in [4.69, 9.17) is 4.74 Å². The molecule has 4 aliphatic carbocycles. The second-order valence-corrected chi connectivity index (χ2v) is 23.3. The van der Waals surface area contributed by atoms with Crippen LogP contribution in [0, 0.1) is 44.3 Å². The summed E-state index contributed by atoms with van der Waals surface area (Å²) < 4.78 is 35.8. The van der Waals surface area contributed by atoms with Crippen LogP contribution in [0.2, 0.25) is 0 Å². The largest absolute Gasteiger partial charge is 0.381 e. The summed E-state index contributed by atoms with van der Waals surface area (Å²) in [5.74, 6) is -2.53. The Morgan fingerprint density at radius 1 is 0.839 bits per heavy atom. The van der Waals surface area contributed by atoms with Crippen molar-refractivity contribution in [3.05, 3.63) is 12.7 Å². The van der Waals surface area contributed by atoms with Crippen LogP contribution in [0.15, 0.2) is 12.7 Å². The smallest absolute Gasteiger partial charge is 0.303 e. The van der Waals surface area contributed by atoms with E-state index in [-0.39, 0.29) is 77.5 Å². The van der Waals surface area contributed by atoms with E-state index < -0.39 is 50.4 Å². The van der Waals surface area contributed by atoms with Crippen LogP contribution < -0.4 is 10.0 Å². The Kier molecular flexibility index (Phi) is 13.2. The number of nitrogens with one attached hydrogen (secondary N) is 2. The van der Waals surface area contributed by atoms with E-state index >= 15 is 14.4 Å². The molecule has 0 aromatic heterocycles. The molecule has 4 saturated carbocycles. The van der Waals surface area contributed by atoms with E-state index in [1.165, 1.54) is 4.31 Å². The van der Waals surface area contributed by atoms with E-state index in [9.17, 15) is 18.0 Å². The van der Waals surface area contributed by atoms with Gasteiger partial charge in [-0.1, -0.05) is 80.2 Å². The van der Waals surface area contributed by atoms with Gasteiger partial charge in [0.15, 0.2) is 11.6 Å². The topological polar surface area (TPSA) is 162 Å². The van der Waals surface area contributed by atoms with Gasteiger partial charge < -0.3 is 15.0 Å². The molecule has 7 fully saturated rings. The third-order valence-electron chi connectivity index (χ3n) is 18.6. The number of hydrogen-bond acceptors (Lipinski definition) is 9. The first-order chi connectivity index (χ1) is 29.3. The van der Waals surface area contributed by atoms with Gasteiger partial charge in [0, 0.05) is 51.1 Å².